The summed E-state index contributed by atoms with van der Waals surface area (Å²) in [5.41, 5.74) is 1.63. The molecule has 1 saturated heterocycles. The molecule has 0 saturated carbocycles. The predicted octanol–water partition coefficient (Wildman–Crippen LogP) is 3.69. The molecule has 1 aliphatic rings. The van der Waals surface area contributed by atoms with Crippen molar-refractivity contribution in [1.82, 2.24) is 10.2 Å². The van der Waals surface area contributed by atoms with Crippen LogP contribution in [0.25, 0.3) is 0 Å². The fourth-order valence-electron chi connectivity index (χ4n) is 4.62. The largest absolute Gasteiger partial charge is 0.497 e. The summed E-state index contributed by atoms with van der Waals surface area (Å²) in [6.07, 6.45) is 2.76. The van der Waals surface area contributed by atoms with E-state index in [-0.39, 0.29) is 29.9 Å². The van der Waals surface area contributed by atoms with Crippen LogP contribution in [-0.2, 0) is 32.0 Å². The topological polar surface area (TPSA) is 94.2 Å². The van der Waals surface area contributed by atoms with E-state index >= 15 is 0 Å². The second kappa shape index (κ2) is 14.4. The van der Waals surface area contributed by atoms with Crippen LogP contribution in [0.15, 0.2) is 42.5 Å². The third-order valence-electron chi connectivity index (χ3n) is 6.78. The van der Waals surface area contributed by atoms with Gasteiger partial charge in [-0.3, -0.25) is 9.59 Å². The van der Waals surface area contributed by atoms with Gasteiger partial charge in [0.2, 0.25) is 11.8 Å². The average molecular weight is 529 g/mol. The molecule has 2 aromatic rings. The second-order valence-electron chi connectivity index (χ2n) is 9.42. The monoisotopic (exact) mass is 528 g/mol. The molecule has 1 N–H and O–H groups in total. The van der Waals surface area contributed by atoms with Crippen LogP contribution < -0.4 is 14.8 Å². The van der Waals surface area contributed by atoms with Crippen LogP contribution in [-0.4, -0.2) is 62.6 Å². The quantitative estimate of drug-likeness (QED) is 0.423. The number of carbonyl (C=O) groups is 3. The molecule has 1 aliphatic heterocycles. The summed E-state index contributed by atoms with van der Waals surface area (Å²) in [6.45, 7) is 3.33. The Morgan fingerprint density at radius 2 is 1.74 bits per heavy atom. The van der Waals surface area contributed by atoms with E-state index in [2.05, 4.69) is 5.32 Å². The van der Waals surface area contributed by atoms with Crippen LogP contribution >= 0.6 is 0 Å². The van der Waals surface area contributed by atoms with Gasteiger partial charge in [0.05, 0.1) is 20.8 Å². The number of benzene rings is 2. The first-order chi connectivity index (χ1) is 18.3. The molecule has 1 atom stereocenters. The van der Waals surface area contributed by atoms with E-state index in [1.807, 2.05) is 12.1 Å². The SMILES string of the molecule is CCOc1ccc(CCC(=O)N2CCC(CC(=O)N[C@@H](Cc3ccc(OC)cc3)C(=O)OC)CC2)cc1F. The Kier molecular flexibility index (Phi) is 10.9. The number of likely N-dealkylation sites (tertiary alicyclic amines) is 1. The Morgan fingerprint density at radius 3 is 2.34 bits per heavy atom. The molecular weight excluding hydrogens is 491 g/mol. The minimum atomic E-state index is -0.782. The molecule has 2 aromatic carbocycles. The summed E-state index contributed by atoms with van der Waals surface area (Å²) < 4.78 is 29.3. The van der Waals surface area contributed by atoms with E-state index < -0.39 is 17.8 Å². The maximum Gasteiger partial charge on any atom is 0.328 e. The van der Waals surface area contributed by atoms with Crippen LogP contribution in [0.4, 0.5) is 4.39 Å². The molecule has 0 aliphatic carbocycles. The number of amides is 2. The Hall–Kier alpha value is -3.62. The fraction of sp³-hybridized carbons (Fsp3) is 0.483. The van der Waals surface area contributed by atoms with Crippen molar-refractivity contribution < 1.29 is 33.0 Å². The normalized spacial score (nSPS) is 14.5. The Bertz CT molecular complexity index is 1080. The van der Waals surface area contributed by atoms with Gasteiger partial charge in [0.25, 0.3) is 0 Å². The van der Waals surface area contributed by atoms with Crippen LogP contribution in [0.2, 0.25) is 0 Å². The molecule has 0 unspecified atom stereocenters. The lowest BCUT2D eigenvalue weighted by atomic mass is 9.92. The number of hydrogen-bond acceptors (Lipinski definition) is 6. The van der Waals surface area contributed by atoms with E-state index in [4.69, 9.17) is 14.2 Å². The van der Waals surface area contributed by atoms with Crippen LogP contribution in [0.1, 0.15) is 43.7 Å². The van der Waals surface area contributed by atoms with Crippen molar-refractivity contribution in [3.63, 3.8) is 0 Å². The molecule has 1 fully saturated rings. The minimum Gasteiger partial charge on any atom is -0.497 e. The lowest BCUT2D eigenvalue weighted by Gasteiger charge is -2.32. The van der Waals surface area contributed by atoms with Crippen molar-refractivity contribution in [2.75, 3.05) is 33.9 Å². The number of methoxy groups -OCH3 is 2. The number of nitrogens with one attached hydrogen (secondary N) is 1. The van der Waals surface area contributed by atoms with Crippen molar-refractivity contribution in [3.8, 4) is 11.5 Å². The molecule has 2 amide bonds. The zero-order valence-corrected chi connectivity index (χ0v) is 22.3. The molecule has 0 spiro atoms. The maximum atomic E-state index is 14.1. The standard InChI is InChI=1S/C29H37FN2O6/c1-4-38-26-11-7-20(17-24(26)30)8-12-28(34)32-15-13-22(14-16-32)19-27(33)31-25(29(35)37-3)18-21-5-9-23(36-2)10-6-21/h5-7,9-11,17,22,25H,4,8,12-16,18-19H2,1-3H3,(H,31,33)/t25-/m0/s1. The molecule has 0 radical (unpaired) electrons. The molecule has 206 valence electrons. The highest BCUT2D eigenvalue weighted by atomic mass is 19.1. The van der Waals surface area contributed by atoms with Crippen molar-refractivity contribution >= 4 is 17.8 Å². The van der Waals surface area contributed by atoms with E-state index in [0.29, 0.717) is 57.6 Å². The van der Waals surface area contributed by atoms with E-state index in [1.54, 1.807) is 43.2 Å². The van der Waals surface area contributed by atoms with Gasteiger partial charge >= 0.3 is 5.97 Å². The maximum absolute atomic E-state index is 14.1. The molecule has 3 rings (SSSR count). The highest BCUT2D eigenvalue weighted by Crippen LogP contribution is 2.23. The number of rotatable bonds is 12. The molecular formula is C29H37FN2O6. The van der Waals surface area contributed by atoms with Crippen molar-refractivity contribution in [1.29, 1.82) is 0 Å². The zero-order valence-electron chi connectivity index (χ0n) is 22.3. The van der Waals surface area contributed by atoms with Gasteiger partial charge in [-0.15, -0.1) is 0 Å². The van der Waals surface area contributed by atoms with Gasteiger partial charge in [0, 0.05) is 32.4 Å². The van der Waals surface area contributed by atoms with Gasteiger partial charge in [-0.05, 0) is 67.5 Å². The first-order valence-electron chi connectivity index (χ1n) is 13.0. The number of nitrogens with zero attached hydrogens (tertiary/aromatic N) is 1. The lowest BCUT2D eigenvalue weighted by molar-refractivity contribution is -0.145. The van der Waals surface area contributed by atoms with Gasteiger partial charge in [-0.25, -0.2) is 9.18 Å². The van der Waals surface area contributed by atoms with Gasteiger partial charge in [-0.1, -0.05) is 18.2 Å². The number of aryl methyl sites for hydroxylation is 1. The van der Waals surface area contributed by atoms with Gasteiger partial charge in [0.15, 0.2) is 11.6 Å². The molecule has 9 heteroatoms. The second-order valence-corrected chi connectivity index (χ2v) is 9.42. The predicted molar refractivity (Wildman–Crippen MR) is 140 cm³/mol. The Labute approximate surface area is 223 Å². The summed E-state index contributed by atoms with van der Waals surface area (Å²) in [5.74, 6) is -0.0619. The first kappa shape index (κ1) is 28.9. The summed E-state index contributed by atoms with van der Waals surface area (Å²) in [7, 11) is 2.88. The smallest absolute Gasteiger partial charge is 0.328 e. The van der Waals surface area contributed by atoms with E-state index in [0.717, 1.165) is 11.1 Å². The summed E-state index contributed by atoms with van der Waals surface area (Å²) in [6, 6.07) is 11.3. The Balaban J connectivity index is 1.43. The molecule has 8 nitrogen and oxygen atoms in total. The molecule has 38 heavy (non-hydrogen) atoms. The van der Waals surface area contributed by atoms with Crippen molar-refractivity contribution in [2.24, 2.45) is 5.92 Å². The van der Waals surface area contributed by atoms with Crippen molar-refractivity contribution in [2.45, 2.75) is 51.5 Å². The average Bonchev–Trinajstić information content (AvgIpc) is 2.93. The van der Waals surface area contributed by atoms with Gasteiger partial charge < -0.3 is 24.4 Å². The van der Waals surface area contributed by atoms with Crippen LogP contribution in [0.5, 0.6) is 11.5 Å². The lowest BCUT2D eigenvalue weighted by Crippen LogP contribution is -2.44. The first-order valence-corrected chi connectivity index (χ1v) is 13.0. The summed E-state index contributed by atoms with van der Waals surface area (Å²) in [4.78, 5) is 39.5. The Morgan fingerprint density at radius 1 is 1.05 bits per heavy atom. The van der Waals surface area contributed by atoms with Gasteiger partial charge in [0.1, 0.15) is 11.8 Å². The fourth-order valence-corrected chi connectivity index (χ4v) is 4.62. The third-order valence-corrected chi connectivity index (χ3v) is 6.78. The molecule has 1 heterocycles. The number of piperidine rings is 1. The summed E-state index contributed by atoms with van der Waals surface area (Å²) in [5, 5.41) is 2.82. The van der Waals surface area contributed by atoms with E-state index in [1.165, 1.54) is 13.2 Å². The highest BCUT2D eigenvalue weighted by Gasteiger charge is 2.27. The number of esters is 1. The van der Waals surface area contributed by atoms with Crippen LogP contribution in [0.3, 0.4) is 0 Å². The van der Waals surface area contributed by atoms with Crippen molar-refractivity contribution in [3.05, 3.63) is 59.4 Å². The number of ether oxygens (including phenoxy) is 3. The van der Waals surface area contributed by atoms with E-state index in [9.17, 15) is 18.8 Å². The summed E-state index contributed by atoms with van der Waals surface area (Å²) >= 11 is 0. The van der Waals surface area contributed by atoms with Gasteiger partial charge in [-0.2, -0.15) is 0 Å². The van der Waals surface area contributed by atoms with Crippen LogP contribution in [0, 0.1) is 11.7 Å². The molecule has 0 aromatic heterocycles. The number of hydrogen-bond donors (Lipinski definition) is 1. The third kappa shape index (κ3) is 8.46. The zero-order chi connectivity index (χ0) is 27.5. The minimum absolute atomic E-state index is 0.0208. The molecule has 0 bridgehead atoms. The number of halogens is 1. The highest BCUT2D eigenvalue weighted by molar-refractivity contribution is 5.84. The number of carbonyl (C=O) groups excluding carboxylic acids is 3.